The molecule has 0 bridgehead atoms. The van der Waals surface area contributed by atoms with Gasteiger partial charge in [0.25, 0.3) is 0 Å². The van der Waals surface area contributed by atoms with Crippen LogP contribution in [0, 0.1) is 0 Å². The average molecular weight is 736 g/mol. The molecule has 10 heteroatoms. The number of ether oxygens (including phenoxy) is 2. The van der Waals surface area contributed by atoms with E-state index in [1.165, 1.54) is 12.8 Å². The van der Waals surface area contributed by atoms with Crippen molar-refractivity contribution in [2.24, 2.45) is 5.73 Å². The maximum atomic E-state index is 12.5. The highest BCUT2D eigenvalue weighted by Gasteiger charge is 2.25. The molecule has 0 radical (unpaired) electrons. The molecule has 3 N–H and O–H groups in total. The normalized spacial score (nSPS) is 14.2. The predicted octanol–water partition coefficient (Wildman–Crippen LogP) is 10.7. The Kier molecular flexibility index (Phi) is 35.4. The van der Waals surface area contributed by atoms with Crippen molar-refractivity contribution >= 4 is 19.8 Å². The number of unbranched alkanes of at least 4 members (excludes halogenated alkanes) is 10. The molecule has 0 saturated carbocycles. The Bertz CT molecular complexity index is 1070. The van der Waals surface area contributed by atoms with Gasteiger partial charge in [0.15, 0.2) is 6.10 Å². The van der Waals surface area contributed by atoms with Gasteiger partial charge in [0, 0.05) is 19.4 Å². The first kappa shape index (κ1) is 48.5. The number of allylic oxidation sites excluding steroid dienone is 12. The minimum atomic E-state index is -4.39. The average Bonchev–Trinajstić information content (AvgIpc) is 3.11. The van der Waals surface area contributed by atoms with Gasteiger partial charge in [-0.3, -0.25) is 18.6 Å². The Balaban J connectivity index is 4.30. The molecule has 9 nitrogen and oxygen atoms in total. The molecule has 1 unspecified atom stereocenters. The number of esters is 2. The van der Waals surface area contributed by atoms with Crippen molar-refractivity contribution in [2.75, 3.05) is 26.4 Å². The van der Waals surface area contributed by atoms with E-state index in [2.05, 4.69) is 86.8 Å². The van der Waals surface area contributed by atoms with Crippen LogP contribution < -0.4 is 5.73 Å². The molecule has 2 atom stereocenters. The Morgan fingerprint density at radius 1 is 0.608 bits per heavy atom. The van der Waals surface area contributed by atoms with Crippen LogP contribution in [-0.2, 0) is 32.7 Å². The van der Waals surface area contributed by atoms with Crippen molar-refractivity contribution in [3.05, 3.63) is 72.9 Å². The fourth-order valence-corrected chi connectivity index (χ4v) is 5.46. The second-order valence-corrected chi connectivity index (χ2v) is 13.9. The predicted molar refractivity (Wildman–Crippen MR) is 210 cm³/mol. The second kappa shape index (κ2) is 37.2. The van der Waals surface area contributed by atoms with Crippen molar-refractivity contribution < 1.29 is 37.6 Å². The van der Waals surface area contributed by atoms with Gasteiger partial charge in [-0.1, -0.05) is 125 Å². The number of nitrogens with two attached hydrogens (primary N) is 1. The molecule has 292 valence electrons. The van der Waals surface area contributed by atoms with Crippen LogP contribution >= 0.6 is 7.82 Å². The molecule has 0 heterocycles. The summed E-state index contributed by atoms with van der Waals surface area (Å²) in [5, 5.41) is 0. The largest absolute Gasteiger partial charge is 0.472 e. The molecule has 0 aliphatic heterocycles. The molecule has 0 spiro atoms. The molecule has 0 fully saturated rings. The summed E-state index contributed by atoms with van der Waals surface area (Å²) in [6, 6.07) is 0. The third-order valence-corrected chi connectivity index (χ3v) is 8.56. The number of carbonyl (C=O) groups excluding carboxylic acids is 2. The Labute approximate surface area is 310 Å². The monoisotopic (exact) mass is 735 g/mol. The van der Waals surface area contributed by atoms with Gasteiger partial charge in [-0.15, -0.1) is 0 Å². The van der Waals surface area contributed by atoms with Gasteiger partial charge in [-0.25, -0.2) is 4.57 Å². The summed E-state index contributed by atoms with van der Waals surface area (Å²) >= 11 is 0. The molecule has 0 aromatic carbocycles. The van der Waals surface area contributed by atoms with Crippen LogP contribution in [0.25, 0.3) is 0 Å². The lowest BCUT2D eigenvalue weighted by Crippen LogP contribution is -2.29. The molecule has 0 aliphatic carbocycles. The van der Waals surface area contributed by atoms with Crippen LogP contribution in [0.2, 0.25) is 0 Å². The SMILES string of the molecule is CC/C=C\C/C=C\C/C=C\C/C=C\C/C=C\CCCCCC(=O)O[C@H](COC(=O)CCCCCCC/C=C\CCCC)COP(=O)(O)OCCN. The van der Waals surface area contributed by atoms with E-state index in [0.29, 0.717) is 12.8 Å². The van der Waals surface area contributed by atoms with Crippen LogP contribution in [-0.4, -0.2) is 49.3 Å². The molecule has 51 heavy (non-hydrogen) atoms. The molecule has 0 aliphatic rings. The summed E-state index contributed by atoms with van der Waals surface area (Å²) in [6.07, 6.45) is 43.6. The lowest BCUT2D eigenvalue weighted by atomic mass is 10.1. The Hall–Kier alpha value is -2.55. The summed E-state index contributed by atoms with van der Waals surface area (Å²) in [7, 11) is -4.39. The number of carbonyl (C=O) groups is 2. The van der Waals surface area contributed by atoms with Crippen LogP contribution in [0.3, 0.4) is 0 Å². The van der Waals surface area contributed by atoms with Crippen molar-refractivity contribution in [3.8, 4) is 0 Å². The second-order valence-electron chi connectivity index (χ2n) is 12.4. The number of hydrogen-bond acceptors (Lipinski definition) is 8. The number of phosphoric ester groups is 1. The van der Waals surface area contributed by atoms with Gasteiger partial charge in [0.2, 0.25) is 0 Å². The molecular weight excluding hydrogens is 665 g/mol. The standard InChI is InChI=1S/C41H70NO8P/c1-3-5-7-9-11-13-15-16-17-18-19-20-21-22-24-26-28-30-32-34-41(44)50-39(38-49-51(45,46)48-36-35-42)37-47-40(43)33-31-29-27-25-23-14-12-10-8-6-4-2/h5,7,10-13,16-17,19-20,22,24,39H,3-4,6,8-9,14-15,18,21,23,25-38,42H2,1-2H3,(H,45,46)/b7-5-,12-10-,13-11-,17-16-,20-19-,24-22-/t39-/m1/s1. The summed E-state index contributed by atoms with van der Waals surface area (Å²) in [4.78, 5) is 34.7. The molecule has 0 rings (SSSR count). The van der Waals surface area contributed by atoms with Gasteiger partial charge in [0.1, 0.15) is 6.61 Å². The van der Waals surface area contributed by atoms with E-state index in [4.69, 9.17) is 24.3 Å². The molecule has 0 amide bonds. The summed E-state index contributed by atoms with van der Waals surface area (Å²) in [6.45, 7) is 3.50. The highest BCUT2D eigenvalue weighted by Crippen LogP contribution is 2.43. The number of hydrogen-bond donors (Lipinski definition) is 2. The maximum Gasteiger partial charge on any atom is 0.472 e. The first-order chi connectivity index (χ1) is 24.8. The van der Waals surface area contributed by atoms with E-state index in [9.17, 15) is 19.0 Å². The van der Waals surface area contributed by atoms with Crippen molar-refractivity contribution in [3.63, 3.8) is 0 Å². The van der Waals surface area contributed by atoms with Gasteiger partial charge in [-0.2, -0.15) is 0 Å². The minimum absolute atomic E-state index is 0.0428. The van der Waals surface area contributed by atoms with Gasteiger partial charge >= 0.3 is 19.8 Å². The van der Waals surface area contributed by atoms with Gasteiger partial charge < -0.3 is 20.1 Å². The number of rotatable bonds is 35. The highest BCUT2D eigenvalue weighted by atomic mass is 31.2. The molecule has 0 saturated heterocycles. The van der Waals surface area contributed by atoms with Crippen molar-refractivity contribution in [1.29, 1.82) is 0 Å². The van der Waals surface area contributed by atoms with E-state index >= 15 is 0 Å². The number of phosphoric acid groups is 1. The summed E-state index contributed by atoms with van der Waals surface area (Å²) in [5.74, 6) is -0.887. The fourth-order valence-electron chi connectivity index (χ4n) is 4.70. The first-order valence-electron chi connectivity index (χ1n) is 19.4. The zero-order valence-corrected chi connectivity index (χ0v) is 32.7. The summed E-state index contributed by atoms with van der Waals surface area (Å²) in [5.41, 5.74) is 5.33. The lowest BCUT2D eigenvalue weighted by molar-refractivity contribution is -0.161. The van der Waals surface area contributed by atoms with E-state index < -0.39 is 32.5 Å². The minimum Gasteiger partial charge on any atom is -0.462 e. The third-order valence-electron chi connectivity index (χ3n) is 7.58. The van der Waals surface area contributed by atoms with Gasteiger partial charge in [-0.05, 0) is 77.0 Å². The summed E-state index contributed by atoms with van der Waals surface area (Å²) < 4.78 is 32.6. The van der Waals surface area contributed by atoms with Crippen LogP contribution in [0.5, 0.6) is 0 Å². The Morgan fingerprint density at radius 3 is 1.65 bits per heavy atom. The third kappa shape index (κ3) is 37.0. The highest BCUT2D eigenvalue weighted by molar-refractivity contribution is 7.47. The Morgan fingerprint density at radius 2 is 1.08 bits per heavy atom. The molecule has 0 aromatic heterocycles. The zero-order chi connectivity index (χ0) is 37.5. The van der Waals surface area contributed by atoms with E-state index in [-0.39, 0.29) is 32.6 Å². The topological polar surface area (TPSA) is 134 Å². The van der Waals surface area contributed by atoms with Gasteiger partial charge in [0.05, 0.1) is 13.2 Å². The van der Waals surface area contributed by atoms with Crippen LogP contribution in [0.1, 0.15) is 142 Å². The quantitative estimate of drug-likeness (QED) is 0.0282. The first-order valence-corrected chi connectivity index (χ1v) is 20.9. The van der Waals surface area contributed by atoms with E-state index in [0.717, 1.165) is 89.9 Å². The lowest BCUT2D eigenvalue weighted by Gasteiger charge is -2.19. The molecule has 0 aromatic rings. The maximum absolute atomic E-state index is 12.5. The fraction of sp³-hybridized carbons (Fsp3) is 0.659. The zero-order valence-electron chi connectivity index (χ0n) is 31.8. The smallest absolute Gasteiger partial charge is 0.462 e. The van der Waals surface area contributed by atoms with E-state index in [1.54, 1.807) is 0 Å². The van der Waals surface area contributed by atoms with Crippen LogP contribution in [0.4, 0.5) is 0 Å². The van der Waals surface area contributed by atoms with Crippen molar-refractivity contribution in [1.82, 2.24) is 0 Å². The molecular formula is C41H70NO8P. The van der Waals surface area contributed by atoms with Crippen LogP contribution in [0.15, 0.2) is 72.9 Å². The van der Waals surface area contributed by atoms with Crippen molar-refractivity contribution in [2.45, 2.75) is 148 Å². The van der Waals surface area contributed by atoms with E-state index in [1.807, 2.05) is 0 Å².